The highest BCUT2D eigenvalue weighted by Gasteiger charge is 2.11. The third kappa shape index (κ3) is 2.75. The number of carboxylic acid groups (broad SMARTS) is 1. The van der Waals surface area contributed by atoms with Gasteiger partial charge in [0.25, 0.3) is 0 Å². The predicted molar refractivity (Wildman–Crippen MR) is 82.0 cm³/mol. The maximum absolute atomic E-state index is 10.7. The Morgan fingerprint density at radius 1 is 1.33 bits per heavy atom. The SMILES string of the molecule is Cc1cnc(SCC(=O)O)n1-c1ccc2ncccc2c1. The molecule has 0 aliphatic carbocycles. The zero-order valence-electron chi connectivity index (χ0n) is 11.4. The minimum atomic E-state index is -0.852. The number of hydrogen-bond acceptors (Lipinski definition) is 4. The van der Waals surface area contributed by atoms with Crippen LogP contribution in [0.3, 0.4) is 0 Å². The van der Waals surface area contributed by atoms with Gasteiger partial charge < -0.3 is 5.11 Å². The van der Waals surface area contributed by atoms with Gasteiger partial charge in [-0.15, -0.1) is 0 Å². The molecule has 0 unspecified atom stereocenters. The fourth-order valence-electron chi connectivity index (χ4n) is 2.16. The molecule has 3 rings (SSSR count). The van der Waals surface area contributed by atoms with Crippen LogP contribution < -0.4 is 0 Å². The molecule has 21 heavy (non-hydrogen) atoms. The quantitative estimate of drug-likeness (QED) is 0.750. The Kier molecular flexibility index (Phi) is 3.62. The molecular formula is C15H13N3O2S. The summed E-state index contributed by atoms with van der Waals surface area (Å²) in [5, 5.41) is 10.5. The van der Waals surface area contributed by atoms with Crippen LogP contribution in [0.2, 0.25) is 0 Å². The fraction of sp³-hybridized carbons (Fsp3) is 0.133. The maximum atomic E-state index is 10.7. The van der Waals surface area contributed by atoms with Crippen LogP contribution in [0.5, 0.6) is 0 Å². The van der Waals surface area contributed by atoms with Gasteiger partial charge in [0.15, 0.2) is 5.16 Å². The lowest BCUT2D eigenvalue weighted by Gasteiger charge is -2.10. The van der Waals surface area contributed by atoms with E-state index in [1.54, 1.807) is 12.4 Å². The van der Waals surface area contributed by atoms with Gasteiger partial charge in [0.1, 0.15) is 0 Å². The first-order valence-corrected chi connectivity index (χ1v) is 7.38. The summed E-state index contributed by atoms with van der Waals surface area (Å²) in [7, 11) is 0. The number of aromatic nitrogens is 3. The van der Waals surface area contributed by atoms with E-state index in [1.807, 2.05) is 41.8 Å². The van der Waals surface area contributed by atoms with E-state index < -0.39 is 5.97 Å². The number of benzene rings is 1. The topological polar surface area (TPSA) is 68.0 Å². The van der Waals surface area contributed by atoms with E-state index >= 15 is 0 Å². The third-order valence-electron chi connectivity index (χ3n) is 3.08. The lowest BCUT2D eigenvalue weighted by molar-refractivity contribution is -0.133. The largest absolute Gasteiger partial charge is 0.481 e. The Hall–Kier alpha value is -2.34. The minimum Gasteiger partial charge on any atom is -0.481 e. The molecule has 0 radical (unpaired) electrons. The second-order valence-corrected chi connectivity index (χ2v) is 5.52. The summed E-state index contributed by atoms with van der Waals surface area (Å²) in [5.74, 6) is -0.860. The molecule has 2 heterocycles. The molecule has 0 saturated heterocycles. The molecule has 0 aliphatic heterocycles. The van der Waals surface area contributed by atoms with E-state index in [0.717, 1.165) is 22.3 Å². The number of aryl methyl sites for hydroxylation is 1. The average Bonchev–Trinajstić information content (AvgIpc) is 2.85. The van der Waals surface area contributed by atoms with Crippen molar-refractivity contribution >= 4 is 28.6 Å². The van der Waals surface area contributed by atoms with Crippen LogP contribution >= 0.6 is 11.8 Å². The molecule has 0 fully saturated rings. The number of nitrogens with zero attached hydrogens (tertiary/aromatic N) is 3. The molecule has 2 aromatic heterocycles. The molecule has 0 aliphatic rings. The molecular weight excluding hydrogens is 286 g/mol. The van der Waals surface area contributed by atoms with Gasteiger partial charge in [0.05, 0.1) is 11.3 Å². The molecule has 0 saturated carbocycles. The van der Waals surface area contributed by atoms with Gasteiger partial charge in [0.2, 0.25) is 0 Å². The number of carboxylic acids is 1. The predicted octanol–water partition coefficient (Wildman–Crippen LogP) is 2.91. The van der Waals surface area contributed by atoms with Gasteiger partial charge in [0, 0.05) is 29.2 Å². The average molecular weight is 299 g/mol. The van der Waals surface area contributed by atoms with Gasteiger partial charge in [-0.3, -0.25) is 14.3 Å². The second-order valence-electron chi connectivity index (χ2n) is 4.58. The molecule has 5 nitrogen and oxygen atoms in total. The highest BCUT2D eigenvalue weighted by Crippen LogP contribution is 2.25. The Labute approximate surface area is 125 Å². The van der Waals surface area contributed by atoms with Gasteiger partial charge >= 0.3 is 5.97 Å². The standard InChI is InChI=1S/C15H13N3O2S/c1-10-8-17-15(21-9-14(19)20)18(10)12-4-5-13-11(7-12)3-2-6-16-13/h2-8H,9H2,1H3,(H,19,20). The van der Waals surface area contributed by atoms with Crippen molar-refractivity contribution in [2.45, 2.75) is 12.1 Å². The number of aliphatic carboxylic acids is 1. The van der Waals surface area contributed by atoms with Crippen molar-refractivity contribution in [1.29, 1.82) is 0 Å². The molecule has 0 amide bonds. The monoisotopic (exact) mass is 299 g/mol. The lowest BCUT2D eigenvalue weighted by Crippen LogP contribution is -2.03. The Bertz CT molecular complexity index is 814. The summed E-state index contributed by atoms with van der Waals surface area (Å²) in [5.41, 5.74) is 2.85. The molecule has 1 N–H and O–H groups in total. The van der Waals surface area contributed by atoms with E-state index in [-0.39, 0.29) is 5.75 Å². The van der Waals surface area contributed by atoms with Crippen LogP contribution in [0.4, 0.5) is 0 Å². The van der Waals surface area contributed by atoms with Crippen molar-refractivity contribution in [3.8, 4) is 5.69 Å². The van der Waals surface area contributed by atoms with Crippen LogP contribution in [-0.4, -0.2) is 31.4 Å². The number of thioether (sulfide) groups is 1. The first-order valence-electron chi connectivity index (χ1n) is 6.39. The lowest BCUT2D eigenvalue weighted by atomic mass is 10.2. The molecule has 6 heteroatoms. The summed E-state index contributed by atoms with van der Waals surface area (Å²) in [6, 6.07) is 9.85. The van der Waals surface area contributed by atoms with Gasteiger partial charge in [-0.25, -0.2) is 4.98 Å². The third-order valence-corrected chi connectivity index (χ3v) is 4.01. The molecule has 0 bridgehead atoms. The van der Waals surface area contributed by atoms with Crippen LogP contribution in [0.1, 0.15) is 5.69 Å². The zero-order valence-corrected chi connectivity index (χ0v) is 12.2. The highest BCUT2D eigenvalue weighted by atomic mass is 32.2. The zero-order chi connectivity index (χ0) is 14.8. The van der Waals surface area contributed by atoms with E-state index in [1.165, 1.54) is 11.8 Å². The molecule has 0 spiro atoms. The Morgan fingerprint density at radius 2 is 2.19 bits per heavy atom. The normalized spacial score (nSPS) is 10.9. The molecule has 106 valence electrons. The van der Waals surface area contributed by atoms with Crippen molar-refractivity contribution < 1.29 is 9.90 Å². The van der Waals surface area contributed by atoms with Crippen molar-refractivity contribution in [3.63, 3.8) is 0 Å². The fourth-order valence-corrected chi connectivity index (χ4v) is 2.92. The summed E-state index contributed by atoms with van der Waals surface area (Å²) in [6.45, 7) is 1.95. The molecule has 3 aromatic rings. The number of rotatable bonds is 4. The number of hydrogen-bond donors (Lipinski definition) is 1. The Balaban J connectivity index is 2.05. The van der Waals surface area contributed by atoms with Crippen molar-refractivity contribution in [1.82, 2.24) is 14.5 Å². The Morgan fingerprint density at radius 3 is 3.00 bits per heavy atom. The van der Waals surface area contributed by atoms with Crippen LogP contribution in [-0.2, 0) is 4.79 Å². The highest BCUT2D eigenvalue weighted by molar-refractivity contribution is 7.99. The summed E-state index contributed by atoms with van der Waals surface area (Å²) >= 11 is 1.21. The minimum absolute atomic E-state index is 0.00834. The van der Waals surface area contributed by atoms with Crippen LogP contribution in [0, 0.1) is 6.92 Å². The molecule has 0 atom stereocenters. The number of pyridine rings is 1. The van der Waals surface area contributed by atoms with E-state index in [0.29, 0.717) is 5.16 Å². The first-order chi connectivity index (χ1) is 10.1. The van der Waals surface area contributed by atoms with Crippen LogP contribution in [0.25, 0.3) is 16.6 Å². The van der Waals surface area contributed by atoms with E-state index in [4.69, 9.17) is 5.11 Å². The van der Waals surface area contributed by atoms with Gasteiger partial charge in [-0.05, 0) is 31.2 Å². The number of carbonyl (C=O) groups is 1. The maximum Gasteiger partial charge on any atom is 0.313 e. The number of imidazole rings is 1. The van der Waals surface area contributed by atoms with Crippen LogP contribution in [0.15, 0.2) is 47.9 Å². The van der Waals surface area contributed by atoms with Gasteiger partial charge in [-0.1, -0.05) is 17.8 Å². The smallest absolute Gasteiger partial charge is 0.313 e. The van der Waals surface area contributed by atoms with E-state index in [9.17, 15) is 4.79 Å². The van der Waals surface area contributed by atoms with Crippen molar-refractivity contribution in [3.05, 3.63) is 48.4 Å². The first kappa shape index (κ1) is 13.6. The second kappa shape index (κ2) is 5.57. The van der Waals surface area contributed by atoms with Gasteiger partial charge in [-0.2, -0.15) is 0 Å². The summed E-state index contributed by atoms with van der Waals surface area (Å²) in [4.78, 5) is 19.3. The van der Waals surface area contributed by atoms with Crippen molar-refractivity contribution in [2.24, 2.45) is 0 Å². The molecule has 1 aromatic carbocycles. The summed E-state index contributed by atoms with van der Waals surface area (Å²) < 4.78 is 1.96. The number of fused-ring (bicyclic) bond motifs is 1. The summed E-state index contributed by atoms with van der Waals surface area (Å²) in [6.07, 6.45) is 3.51. The van der Waals surface area contributed by atoms with E-state index in [2.05, 4.69) is 9.97 Å². The van der Waals surface area contributed by atoms with Crippen molar-refractivity contribution in [2.75, 3.05) is 5.75 Å².